The summed E-state index contributed by atoms with van der Waals surface area (Å²) in [6.07, 6.45) is 5.69. The number of ether oxygens (including phenoxy) is 1. The number of aliphatic hydroxyl groups excluding tert-OH is 3. The number of nitrogens with one attached hydrogen (secondary N) is 3. The largest absolute Gasteiger partial charge is 0.383 e. The molecular formula is C23H52N6O5. The minimum Gasteiger partial charge on any atom is -0.383 e. The van der Waals surface area contributed by atoms with Gasteiger partial charge in [0.05, 0.1) is 6.61 Å². The van der Waals surface area contributed by atoms with Gasteiger partial charge in [-0.05, 0) is 58.3 Å². The third-order valence-electron chi connectivity index (χ3n) is 5.52. The number of hydrogen-bond acceptors (Lipinski definition) is 10. The van der Waals surface area contributed by atoms with Crippen LogP contribution in [0.15, 0.2) is 0 Å². The number of nitrogens with zero attached hydrogens (tertiary/aromatic N) is 1. The number of nitrogens with two attached hydrogens (primary N) is 2. The maximum Gasteiger partial charge on any atom is 0.220 e. The van der Waals surface area contributed by atoms with Crippen molar-refractivity contribution in [1.29, 1.82) is 0 Å². The second-order valence-corrected chi connectivity index (χ2v) is 8.66. The van der Waals surface area contributed by atoms with Crippen LogP contribution in [0.25, 0.3) is 0 Å². The van der Waals surface area contributed by atoms with Gasteiger partial charge in [0.25, 0.3) is 0 Å². The quantitative estimate of drug-likeness (QED) is 0.0582. The summed E-state index contributed by atoms with van der Waals surface area (Å²) in [7, 11) is 1.56. The van der Waals surface area contributed by atoms with Crippen LogP contribution in [0.1, 0.15) is 64.2 Å². The fraction of sp³-hybridized carbons (Fsp3) is 0.957. The van der Waals surface area contributed by atoms with Gasteiger partial charge in [-0.3, -0.25) is 20.3 Å². The average molecular weight is 493 g/mol. The Morgan fingerprint density at radius 3 is 1.79 bits per heavy atom. The van der Waals surface area contributed by atoms with E-state index in [2.05, 4.69) is 16.0 Å². The molecule has 0 aromatic rings. The molecule has 0 rings (SSSR count). The van der Waals surface area contributed by atoms with Crippen molar-refractivity contribution in [2.24, 2.45) is 11.5 Å². The molecule has 0 aromatic carbocycles. The smallest absolute Gasteiger partial charge is 0.220 e. The van der Waals surface area contributed by atoms with Crippen LogP contribution in [0.2, 0.25) is 0 Å². The predicted octanol–water partition coefficient (Wildman–Crippen LogP) is -0.996. The second-order valence-electron chi connectivity index (χ2n) is 8.66. The van der Waals surface area contributed by atoms with Crippen LogP contribution in [0, 0.1) is 0 Å². The van der Waals surface area contributed by atoms with E-state index >= 15 is 0 Å². The fourth-order valence-electron chi connectivity index (χ4n) is 3.50. The van der Waals surface area contributed by atoms with E-state index < -0.39 is 18.7 Å². The molecule has 3 atom stereocenters. The Labute approximate surface area is 206 Å². The van der Waals surface area contributed by atoms with Crippen LogP contribution in [-0.2, 0) is 9.53 Å². The summed E-state index contributed by atoms with van der Waals surface area (Å²) in [5, 5.41) is 40.3. The van der Waals surface area contributed by atoms with Gasteiger partial charge in [-0.2, -0.15) is 0 Å². The summed E-state index contributed by atoms with van der Waals surface area (Å²) < 4.78 is 4.91. The van der Waals surface area contributed by atoms with E-state index in [4.69, 9.17) is 16.2 Å². The highest BCUT2D eigenvalue weighted by Crippen LogP contribution is 2.07. The summed E-state index contributed by atoms with van der Waals surface area (Å²) in [6.45, 7) is 3.79. The van der Waals surface area contributed by atoms with E-state index in [9.17, 15) is 20.1 Å². The molecule has 0 aliphatic rings. The molecule has 10 N–H and O–H groups in total. The molecule has 11 nitrogen and oxygen atoms in total. The first kappa shape index (κ1) is 33.1. The molecule has 204 valence electrons. The van der Waals surface area contributed by atoms with Crippen molar-refractivity contribution in [3.05, 3.63) is 0 Å². The van der Waals surface area contributed by atoms with E-state index in [-0.39, 0.29) is 31.8 Å². The first-order valence-electron chi connectivity index (χ1n) is 12.8. The number of hydrogen-bond donors (Lipinski definition) is 8. The molecule has 0 aliphatic carbocycles. The van der Waals surface area contributed by atoms with Crippen molar-refractivity contribution < 1.29 is 24.9 Å². The van der Waals surface area contributed by atoms with Crippen LogP contribution in [-0.4, -0.2) is 104 Å². The Kier molecular flexibility index (Phi) is 23.2. The Morgan fingerprint density at radius 2 is 1.32 bits per heavy atom. The Bertz CT molecular complexity index is 440. The number of methoxy groups -OCH3 is 1. The molecule has 34 heavy (non-hydrogen) atoms. The lowest BCUT2D eigenvalue weighted by Gasteiger charge is -2.32. The van der Waals surface area contributed by atoms with Gasteiger partial charge >= 0.3 is 0 Å². The minimum atomic E-state index is -0.977. The number of rotatable bonds is 25. The molecule has 0 bridgehead atoms. The molecular weight excluding hydrogens is 440 g/mol. The highest BCUT2D eigenvalue weighted by molar-refractivity contribution is 5.75. The number of unbranched alkanes of at least 4 members (excludes halogenated alkanes) is 6. The molecule has 11 heteroatoms. The van der Waals surface area contributed by atoms with Crippen LogP contribution in [0.3, 0.4) is 0 Å². The maximum atomic E-state index is 12.0. The number of amides is 1. The lowest BCUT2D eigenvalue weighted by atomic mass is 10.2. The van der Waals surface area contributed by atoms with Crippen LogP contribution in [0.4, 0.5) is 0 Å². The van der Waals surface area contributed by atoms with Crippen LogP contribution >= 0.6 is 0 Å². The predicted molar refractivity (Wildman–Crippen MR) is 135 cm³/mol. The van der Waals surface area contributed by atoms with Crippen molar-refractivity contribution >= 4 is 5.91 Å². The third kappa shape index (κ3) is 20.5. The van der Waals surface area contributed by atoms with Gasteiger partial charge in [0.15, 0.2) is 0 Å². The SMILES string of the molecule is COCCNC(=O)CCC(O)N(CC(O)NCCCCCCN)CC(O)NCCCCCCN. The van der Waals surface area contributed by atoms with Crippen molar-refractivity contribution in [2.75, 3.05) is 59.5 Å². The molecule has 3 unspecified atom stereocenters. The Balaban J connectivity index is 4.54. The highest BCUT2D eigenvalue weighted by atomic mass is 16.5. The van der Waals surface area contributed by atoms with E-state index in [1.165, 1.54) is 0 Å². The Morgan fingerprint density at radius 1 is 0.824 bits per heavy atom. The number of aliphatic hydroxyl groups is 3. The first-order chi connectivity index (χ1) is 16.4. The van der Waals surface area contributed by atoms with Gasteiger partial charge in [0.2, 0.25) is 5.91 Å². The molecule has 0 saturated carbocycles. The van der Waals surface area contributed by atoms with Crippen molar-refractivity contribution in [1.82, 2.24) is 20.9 Å². The zero-order valence-electron chi connectivity index (χ0n) is 21.2. The molecule has 0 heterocycles. The summed E-state index contributed by atoms with van der Waals surface area (Å²) in [5.74, 6) is -0.177. The van der Waals surface area contributed by atoms with Crippen molar-refractivity contribution in [3.8, 4) is 0 Å². The summed E-state index contributed by atoms with van der Waals surface area (Å²) in [6, 6.07) is 0. The van der Waals surface area contributed by atoms with E-state index in [1.54, 1.807) is 12.0 Å². The molecule has 0 fully saturated rings. The topological polar surface area (TPSA) is 178 Å². The normalized spacial score (nSPS) is 14.3. The maximum absolute atomic E-state index is 12.0. The number of carbonyl (C=O) groups is 1. The average Bonchev–Trinajstić information content (AvgIpc) is 2.81. The Hall–Kier alpha value is -0.890. The standard InChI is InChI=1S/C23H52N6O5/c1-34-17-16-28-20(30)10-11-23(33)29(18-21(31)26-14-8-4-2-6-12-24)19-22(32)27-15-9-5-3-7-13-25/h21-23,26-27,31-33H,2-19,24-25H2,1H3,(H,28,30). The van der Waals surface area contributed by atoms with Crippen molar-refractivity contribution in [2.45, 2.75) is 82.9 Å². The van der Waals surface area contributed by atoms with Crippen LogP contribution < -0.4 is 27.4 Å². The zero-order chi connectivity index (χ0) is 25.4. The van der Waals surface area contributed by atoms with Gasteiger partial charge in [-0.25, -0.2) is 0 Å². The van der Waals surface area contributed by atoms with Gasteiger partial charge in [-0.15, -0.1) is 0 Å². The van der Waals surface area contributed by atoms with Crippen LogP contribution in [0.5, 0.6) is 0 Å². The monoisotopic (exact) mass is 492 g/mol. The lowest BCUT2D eigenvalue weighted by molar-refractivity contribution is -0.123. The van der Waals surface area contributed by atoms with E-state index in [1.807, 2.05) is 0 Å². The molecule has 1 amide bonds. The van der Waals surface area contributed by atoms with Gasteiger partial charge in [0.1, 0.15) is 18.7 Å². The lowest BCUT2D eigenvalue weighted by Crippen LogP contribution is -2.51. The molecule has 0 aromatic heterocycles. The second kappa shape index (κ2) is 23.8. The molecule has 0 radical (unpaired) electrons. The first-order valence-corrected chi connectivity index (χ1v) is 12.8. The summed E-state index contributed by atoms with van der Waals surface area (Å²) in [4.78, 5) is 13.6. The van der Waals surface area contributed by atoms with E-state index in [0.717, 1.165) is 51.4 Å². The molecule has 0 spiro atoms. The van der Waals surface area contributed by atoms with Gasteiger partial charge in [0, 0.05) is 33.2 Å². The highest BCUT2D eigenvalue weighted by Gasteiger charge is 2.22. The van der Waals surface area contributed by atoms with Crippen molar-refractivity contribution in [3.63, 3.8) is 0 Å². The minimum absolute atomic E-state index is 0.129. The third-order valence-corrected chi connectivity index (χ3v) is 5.52. The van der Waals surface area contributed by atoms with Gasteiger partial charge < -0.3 is 36.8 Å². The van der Waals surface area contributed by atoms with E-state index in [0.29, 0.717) is 39.3 Å². The van der Waals surface area contributed by atoms with Gasteiger partial charge in [-0.1, -0.05) is 25.7 Å². The summed E-state index contributed by atoms with van der Waals surface area (Å²) >= 11 is 0. The molecule has 0 saturated heterocycles. The zero-order valence-corrected chi connectivity index (χ0v) is 21.2. The fourth-order valence-corrected chi connectivity index (χ4v) is 3.50. The molecule has 0 aliphatic heterocycles. The summed E-state index contributed by atoms with van der Waals surface area (Å²) in [5.41, 5.74) is 11.0. The number of carbonyl (C=O) groups excluding carboxylic acids is 1.